The molecular weight excluding hydrogens is 443 g/mol. The van der Waals surface area contributed by atoms with Gasteiger partial charge in [0.05, 0.1) is 18.0 Å². The molecule has 2 aromatic heterocycles. The highest BCUT2D eigenvalue weighted by Gasteiger charge is 2.38. The Balaban J connectivity index is 1.55. The van der Waals surface area contributed by atoms with Crippen molar-refractivity contribution in [3.8, 4) is 6.07 Å². The molecule has 1 aliphatic rings. The highest BCUT2D eigenvalue weighted by atomic mass is 35.5. The zero-order valence-electron chi connectivity index (χ0n) is 18.0. The second kappa shape index (κ2) is 9.59. The van der Waals surface area contributed by atoms with Gasteiger partial charge in [-0.25, -0.2) is 4.98 Å². The van der Waals surface area contributed by atoms with Gasteiger partial charge in [-0.3, -0.25) is 9.48 Å². The lowest BCUT2D eigenvalue weighted by molar-refractivity contribution is 0.1000. The van der Waals surface area contributed by atoms with E-state index in [4.69, 9.17) is 17.3 Å². The van der Waals surface area contributed by atoms with Crippen LogP contribution in [0.1, 0.15) is 48.0 Å². The van der Waals surface area contributed by atoms with Crippen molar-refractivity contribution in [3.63, 3.8) is 0 Å². The number of benzene rings is 1. The van der Waals surface area contributed by atoms with Crippen LogP contribution in [0.2, 0.25) is 5.02 Å². The van der Waals surface area contributed by atoms with Crippen LogP contribution in [0.5, 0.6) is 0 Å². The molecule has 33 heavy (non-hydrogen) atoms. The van der Waals surface area contributed by atoms with E-state index in [1.807, 2.05) is 24.3 Å². The average molecular weight is 467 g/mol. The molecule has 0 bridgehead atoms. The number of primary amides is 1. The predicted molar refractivity (Wildman–Crippen MR) is 124 cm³/mol. The van der Waals surface area contributed by atoms with Crippen molar-refractivity contribution in [1.29, 1.82) is 5.26 Å². The molecule has 0 spiro atoms. The second-order valence-corrected chi connectivity index (χ2v) is 8.96. The van der Waals surface area contributed by atoms with Crippen LogP contribution < -0.4 is 11.1 Å². The highest BCUT2D eigenvalue weighted by molar-refractivity contribution is 6.30. The molecule has 1 aliphatic carbocycles. The second-order valence-electron chi connectivity index (χ2n) is 8.53. The SMILES string of the molecule is N#CCC1(n2cc(C(N)=O)c(Nc3ccnc(F)c3)n2)CCC(Cc2ccc(Cl)cc2)CC1. The summed E-state index contributed by atoms with van der Waals surface area (Å²) in [5.74, 6) is -0.586. The van der Waals surface area contributed by atoms with Crippen molar-refractivity contribution >= 4 is 29.0 Å². The summed E-state index contributed by atoms with van der Waals surface area (Å²) in [4.78, 5) is 15.6. The molecule has 1 aromatic carbocycles. The van der Waals surface area contributed by atoms with E-state index in [0.717, 1.165) is 37.1 Å². The number of halogens is 2. The first-order valence-electron chi connectivity index (χ1n) is 10.8. The van der Waals surface area contributed by atoms with Gasteiger partial charge in [0.2, 0.25) is 5.95 Å². The number of pyridine rings is 1. The van der Waals surface area contributed by atoms with Gasteiger partial charge in [0, 0.05) is 29.2 Å². The van der Waals surface area contributed by atoms with Gasteiger partial charge < -0.3 is 11.1 Å². The van der Waals surface area contributed by atoms with Crippen LogP contribution >= 0.6 is 11.6 Å². The normalized spacial score (nSPS) is 20.2. The molecule has 0 radical (unpaired) electrons. The van der Waals surface area contributed by atoms with Crippen LogP contribution in [0.3, 0.4) is 0 Å². The molecule has 3 aromatic rings. The maximum atomic E-state index is 13.5. The van der Waals surface area contributed by atoms with Gasteiger partial charge in [-0.05, 0) is 61.8 Å². The van der Waals surface area contributed by atoms with Gasteiger partial charge in [-0.15, -0.1) is 0 Å². The van der Waals surface area contributed by atoms with Crippen LogP contribution in [0.4, 0.5) is 15.9 Å². The average Bonchev–Trinajstić information content (AvgIpc) is 3.22. The first-order valence-corrected chi connectivity index (χ1v) is 11.2. The number of nitrogens with two attached hydrogens (primary N) is 1. The molecule has 1 fully saturated rings. The largest absolute Gasteiger partial charge is 0.365 e. The van der Waals surface area contributed by atoms with Gasteiger partial charge in [0.15, 0.2) is 5.82 Å². The third-order valence-electron chi connectivity index (χ3n) is 6.34. The van der Waals surface area contributed by atoms with Crippen LogP contribution in [0.25, 0.3) is 0 Å². The number of anilines is 2. The lowest BCUT2D eigenvalue weighted by Gasteiger charge is -2.39. The first kappa shape index (κ1) is 22.7. The van der Waals surface area contributed by atoms with E-state index in [1.165, 1.54) is 17.8 Å². The van der Waals surface area contributed by atoms with Crippen molar-refractivity contribution in [2.45, 2.75) is 44.1 Å². The van der Waals surface area contributed by atoms with Crippen LogP contribution in [-0.4, -0.2) is 20.7 Å². The molecule has 1 saturated carbocycles. The quantitative estimate of drug-likeness (QED) is 0.478. The molecule has 1 amide bonds. The summed E-state index contributed by atoms with van der Waals surface area (Å²) in [5.41, 5.74) is 6.88. The minimum atomic E-state index is -0.653. The molecule has 170 valence electrons. The van der Waals surface area contributed by atoms with Gasteiger partial charge in [-0.1, -0.05) is 23.7 Å². The summed E-state index contributed by atoms with van der Waals surface area (Å²) >= 11 is 5.99. The number of carbonyl (C=O) groups is 1. The molecular formula is C24H24ClFN6O. The van der Waals surface area contributed by atoms with E-state index in [2.05, 4.69) is 21.5 Å². The van der Waals surface area contributed by atoms with Crippen molar-refractivity contribution in [2.24, 2.45) is 11.7 Å². The minimum absolute atomic E-state index is 0.188. The van der Waals surface area contributed by atoms with Gasteiger partial charge in [-0.2, -0.15) is 14.8 Å². The Labute approximate surface area is 196 Å². The number of aromatic nitrogens is 3. The highest BCUT2D eigenvalue weighted by Crippen LogP contribution is 2.41. The lowest BCUT2D eigenvalue weighted by Crippen LogP contribution is -2.38. The van der Waals surface area contributed by atoms with Crippen LogP contribution in [-0.2, 0) is 12.0 Å². The third-order valence-corrected chi connectivity index (χ3v) is 6.59. The van der Waals surface area contributed by atoms with Gasteiger partial charge in [0.25, 0.3) is 5.91 Å². The van der Waals surface area contributed by atoms with Gasteiger partial charge >= 0.3 is 0 Å². The Kier molecular flexibility index (Phi) is 6.61. The zero-order chi connectivity index (χ0) is 23.4. The number of nitriles is 1. The molecule has 4 rings (SSSR count). The predicted octanol–water partition coefficient (Wildman–Crippen LogP) is 4.95. The maximum Gasteiger partial charge on any atom is 0.254 e. The molecule has 7 nitrogen and oxygen atoms in total. The molecule has 3 N–H and O–H groups in total. The van der Waals surface area contributed by atoms with E-state index in [0.29, 0.717) is 11.6 Å². The van der Waals surface area contributed by atoms with Crippen LogP contribution in [0.15, 0.2) is 48.8 Å². The topological polar surface area (TPSA) is 110 Å². The van der Waals surface area contributed by atoms with Crippen LogP contribution in [0, 0.1) is 23.2 Å². The summed E-state index contributed by atoms with van der Waals surface area (Å²) in [7, 11) is 0. The van der Waals surface area contributed by atoms with Gasteiger partial charge in [0.1, 0.15) is 5.56 Å². The van der Waals surface area contributed by atoms with E-state index in [-0.39, 0.29) is 17.8 Å². The molecule has 0 saturated heterocycles. The van der Waals surface area contributed by atoms with Crippen molar-refractivity contribution < 1.29 is 9.18 Å². The number of hydrogen-bond acceptors (Lipinski definition) is 5. The maximum absolute atomic E-state index is 13.5. The number of nitrogens with zero attached hydrogens (tertiary/aromatic N) is 4. The Morgan fingerprint density at radius 3 is 2.67 bits per heavy atom. The standard InChI is InChI=1S/C24H24ClFN6O/c25-18-3-1-16(2-4-18)13-17-5-8-24(9-6-17,10-11-27)32-15-20(22(28)33)23(31-32)30-19-7-12-29-21(26)14-19/h1-4,7,12,14-15,17H,5-6,8-10,13H2,(H2,28,33)(H,29,30,31). The zero-order valence-corrected chi connectivity index (χ0v) is 18.7. The van der Waals surface area contributed by atoms with Crippen molar-refractivity contribution in [1.82, 2.24) is 14.8 Å². The summed E-state index contributed by atoms with van der Waals surface area (Å²) in [5, 5.41) is 17.8. The summed E-state index contributed by atoms with van der Waals surface area (Å²) in [6.45, 7) is 0. The number of rotatable bonds is 7. The summed E-state index contributed by atoms with van der Waals surface area (Å²) in [6, 6.07) is 13.0. The fourth-order valence-electron chi connectivity index (χ4n) is 4.51. The molecule has 2 heterocycles. The van der Waals surface area contributed by atoms with E-state index < -0.39 is 17.4 Å². The Morgan fingerprint density at radius 1 is 1.30 bits per heavy atom. The molecule has 0 aliphatic heterocycles. The molecule has 9 heteroatoms. The summed E-state index contributed by atoms with van der Waals surface area (Å²) < 4.78 is 15.2. The molecule has 0 unspecified atom stereocenters. The lowest BCUT2D eigenvalue weighted by atomic mass is 9.73. The van der Waals surface area contributed by atoms with Crippen molar-refractivity contribution in [3.05, 3.63) is 70.9 Å². The smallest absolute Gasteiger partial charge is 0.254 e. The third kappa shape index (κ3) is 5.15. The minimum Gasteiger partial charge on any atom is -0.365 e. The summed E-state index contributed by atoms with van der Waals surface area (Å²) in [6.07, 6.45) is 7.49. The number of nitrogens with one attached hydrogen (secondary N) is 1. The monoisotopic (exact) mass is 466 g/mol. The van der Waals surface area contributed by atoms with E-state index in [1.54, 1.807) is 16.9 Å². The van der Waals surface area contributed by atoms with E-state index >= 15 is 0 Å². The Morgan fingerprint density at radius 2 is 2.03 bits per heavy atom. The number of carbonyl (C=O) groups excluding carboxylic acids is 1. The fraction of sp³-hybridized carbons (Fsp3) is 0.333. The number of amides is 1. The Bertz CT molecular complexity index is 1180. The van der Waals surface area contributed by atoms with Crippen molar-refractivity contribution in [2.75, 3.05) is 5.32 Å². The Hall–Kier alpha value is -3.44. The fourth-order valence-corrected chi connectivity index (χ4v) is 4.64. The number of hydrogen-bond donors (Lipinski definition) is 2. The first-order chi connectivity index (χ1) is 15.9. The molecule has 0 atom stereocenters. The van der Waals surface area contributed by atoms with E-state index in [9.17, 15) is 14.4 Å².